The van der Waals surface area contributed by atoms with Crippen LogP contribution >= 0.6 is 11.6 Å². The van der Waals surface area contributed by atoms with Crippen molar-refractivity contribution in [3.05, 3.63) is 82.3 Å². The predicted molar refractivity (Wildman–Crippen MR) is 142 cm³/mol. The van der Waals surface area contributed by atoms with Crippen molar-refractivity contribution in [2.24, 2.45) is 0 Å². The fourth-order valence-corrected chi connectivity index (χ4v) is 5.99. The third-order valence-corrected chi connectivity index (χ3v) is 8.50. The summed E-state index contributed by atoms with van der Waals surface area (Å²) >= 11 is 6.69. The van der Waals surface area contributed by atoms with Crippen molar-refractivity contribution in [3.63, 3.8) is 0 Å². The van der Waals surface area contributed by atoms with Crippen LogP contribution < -0.4 is 0 Å². The highest BCUT2D eigenvalue weighted by Crippen LogP contribution is 2.41. The Bertz CT molecular complexity index is 1460. The molecule has 3 N–H and O–H groups in total. The number of hydrogen-bond donors (Lipinski definition) is 3. The second-order valence-electron chi connectivity index (χ2n) is 11.1. The average molecular weight is 535 g/mol. The molecule has 2 aromatic carbocycles. The van der Waals surface area contributed by atoms with Gasteiger partial charge in [0.1, 0.15) is 24.4 Å². The van der Waals surface area contributed by atoms with Crippen LogP contribution in [-0.2, 0) is 17.7 Å². The van der Waals surface area contributed by atoms with Gasteiger partial charge in [0.2, 0.25) is 0 Å². The van der Waals surface area contributed by atoms with E-state index in [-0.39, 0.29) is 6.54 Å². The zero-order valence-corrected chi connectivity index (χ0v) is 21.7. The number of aromatic nitrogens is 4. The highest BCUT2D eigenvalue weighted by molar-refractivity contribution is 6.35. The molecule has 198 valence electrons. The van der Waals surface area contributed by atoms with Gasteiger partial charge >= 0.3 is 0 Å². The quantitative estimate of drug-likeness (QED) is 0.332. The standard InChI is InChI=1S/C29H31ClN4O4/c30-21-2-1-3-23-25(21)20(12-16-4-6-17(7-5-16)18-8-9-18)13-34(23)29-28(37)27(36)26(35)24(38-29)15-33-14-22(31-32-33)19-10-11-19/h1-7,13-14,18-19,24,26-29,35-37H,8-12,15H2/t24-,26-,27+,28-,29-/m1/s1. The van der Waals surface area contributed by atoms with Crippen molar-refractivity contribution in [3.8, 4) is 0 Å². The summed E-state index contributed by atoms with van der Waals surface area (Å²) in [5.41, 5.74) is 5.30. The van der Waals surface area contributed by atoms with Gasteiger partial charge in [-0.25, -0.2) is 4.68 Å². The minimum atomic E-state index is -1.39. The molecule has 1 aliphatic heterocycles. The topological polar surface area (TPSA) is 106 Å². The van der Waals surface area contributed by atoms with Crippen molar-refractivity contribution < 1.29 is 20.1 Å². The Morgan fingerprint density at radius 3 is 2.39 bits per heavy atom. The van der Waals surface area contributed by atoms with Gasteiger partial charge in [-0.3, -0.25) is 0 Å². The molecule has 7 rings (SSSR count). The van der Waals surface area contributed by atoms with Crippen LogP contribution in [0, 0.1) is 0 Å². The van der Waals surface area contributed by atoms with Gasteiger partial charge in [-0.2, -0.15) is 0 Å². The molecule has 1 saturated heterocycles. The Morgan fingerprint density at radius 1 is 0.895 bits per heavy atom. The lowest BCUT2D eigenvalue weighted by Crippen LogP contribution is -2.56. The van der Waals surface area contributed by atoms with Gasteiger partial charge in [-0.15, -0.1) is 5.10 Å². The summed E-state index contributed by atoms with van der Waals surface area (Å²) < 4.78 is 9.76. The van der Waals surface area contributed by atoms with E-state index < -0.39 is 30.6 Å². The predicted octanol–water partition coefficient (Wildman–Crippen LogP) is 3.91. The Hall–Kier alpha value is -2.75. The van der Waals surface area contributed by atoms with E-state index in [1.165, 1.54) is 24.0 Å². The molecule has 0 amide bonds. The van der Waals surface area contributed by atoms with E-state index in [1.807, 2.05) is 35.2 Å². The molecule has 38 heavy (non-hydrogen) atoms. The summed E-state index contributed by atoms with van der Waals surface area (Å²) in [6, 6.07) is 14.4. The number of hydrogen-bond acceptors (Lipinski definition) is 6. The SMILES string of the molecule is O[C@@H]1[C@@H](O)[C@H](n2cc(Cc3ccc(C4CC4)cc3)c3c(Cl)cccc32)O[C@H](Cn2cc(C3CC3)nn2)[C@H]1O. The van der Waals surface area contributed by atoms with E-state index >= 15 is 0 Å². The molecule has 4 aromatic rings. The fourth-order valence-electron chi connectivity index (χ4n) is 5.70. The van der Waals surface area contributed by atoms with Crippen LogP contribution in [0.4, 0.5) is 0 Å². The van der Waals surface area contributed by atoms with Crippen molar-refractivity contribution in [1.82, 2.24) is 19.6 Å². The molecule has 3 aliphatic rings. The summed E-state index contributed by atoms with van der Waals surface area (Å²) in [6.07, 6.45) is 3.55. The summed E-state index contributed by atoms with van der Waals surface area (Å²) in [5, 5.41) is 42.5. The maximum absolute atomic E-state index is 11.0. The van der Waals surface area contributed by atoms with Crippen LogP contribution in [0.1, 0.15) is 66.1 Å². The Kier molecular flexibility index (Phi) is 6.05. The van der Waals surface area contributed by atoms with E-state index in [2.05, 4.69) is 34.6 Å². The lowest BCUT2D eigenvalue weighted by atomic mass is 9.97. The van der Waals surface area contributed by atoms with E-state index in [1.54, 1.807) is 4.68 Å². The summed E-state index contributed by atoms with van der Waals surface area (Å²) in [6.45, 7) is 0.210. The van der Waals surface area contributed by atoms with Gasteiger partial charge in [-0.05, 0) is 66.8 Å². The first-order valence-electron chi connectivity index (χ1n) is 13.4. The molecule has 9 heteroatoms. The zero-order chi connectivity index (χ0) is 26.0. The van der Waals surface area contributed by atoms with Crippen molar-refractivity contribution >= 4 is 22.5 Å². The molecular formula is C29H31ClN4O4. The molecular weight excluding hydrogens is 504 g/mol. The van der Waals surface area contributed by atoms with Gasteiger partial charge in [0.15, 0.2) is 6.23 Å². The van der Waals surface area contributed by atoms with Crippen LogP contribution in [-0.4, -0.2) is 59.3 Å². The number of aliphatic hydroxyl groups excluding tert-OH is 3. The van der Waals surface area contributed by atoms with Gasteiger partial charge in [0.25, 0.3) is 0 Å². The van der Waals surface area contributed by atoms with Crippen LogP contribution in [0.5, 0.6) is 0 Å². The van der Waals surface area contributed by atoms with E-state index in [4.69, 9.17) is 16.3 Å². The first-order valence-corrected chi connectivity index (χ1v) is 13.8. The fraction of sp³-hybridized carbons (Fsp3) is 0.448. The Morgan fingerprint density at radius 2 is 1.66 bits per heavy atom. The minimum absolute atomic E-state index is 0.210. The van der Waals surface area contributed by atoms with Crippen molar-refractivity contribution in [2.75, 3.05) is 0 Å². The molecule has 5 atom stereocenters. The molecule has 8 nitrogen and oxygen atoms in total. The molecule has 2 saturated carbocycles. The molecule has 2 aliphatic carbocycles. The highest BCUT2D eigenvalue weighted by atomic mass is 35.5. The number of fused-ring (bicyclic) bond motifs is 1. The molecule has 3 fully saturated rings. The van der Waals surface area contributed by atoms with Gasteiger partial charge in [0, 0.05) is 23.7 Å². The molecule has 0 spiro atoms. The largest absolute Gasteiger partial charge is 0.388 e. The van der Waals surface area contributed by atoms with Crippen molar-refractivity contribution in [1.29, 1.82) is 0 Å². The lowest BCUT2D eigenvalue weighted by Gasteiger charge is -2.41. The second kappa shape index (κ2) is 9.47. The average Bonchev–Trinajstić information content (AvgIpc) is 3.86. The molecule has 0 unspecified atom stereocenters. The lowest BCUT2D eigenvalue weighted by molar-refractivity contribution is -0.247. The maximum atomic E-state index is 11.0. The highest BCUT2D eigenvalue weighted by Gasteiger charge is 2.45. The van der Waals surface area contributed by atoms with E-state index in [0.29, 0.717) is 23.3 Å². The van der Waals surface area contributed by atoms with Crippen LogP contribution in [0.2, 0.25) is 5.02 Å². The third kappa shape index (κ3) is 4.44. The van der Waals surface area contributed by atoms with Crippen LogP contribution in [0.25, 0.3) is 10.9 Å². The smallest absolute Gasteiger partial charge is 0.163 e. The maximum Gasteiger partial charge on any atom is 0.163 e. The minimum Gasteiger partial charge on any atom is -0.388 e. The first-order chi connectivity index (χ1) is 18.5. The number of benzene rings is 2. The third-order valence-electron chi connectivity index (χ3n) is 8.19. The van der Waals surface area contributed by atoms with Crippen LogP contribution in [0.3, 0.4) is 0 Å². The molecule has 2 aromatic heterocycles. The van der Waals surface area contributed by atoms with Crippen LogP contribution in [0.15, 0.2) is 54.9 Å². The molecule has 3 heterocycles. The number of rotatable bonds is 7. The van der Waals surface area contributed by atoms with Gasteiger partial charge < -0.3 is 24.6 Å². The monoisotopic (exact) mass is 534 g/mol. The molecule has 0 radical (unpaired) electrons. The number of halogens is 1. The molecule has 0 bridgehead atoms. The summed E-state index contributed by atoms with van der Waals surface area (Å²) in [4.78, 5) is 0. The van der Waals surface area contributed by atoms with Crippen molar-refractivity contribution in [2.45, 2.75) is 81.1 Å². The summed E-state index contributed by atoms with van der Waals surface area (Å²) in [7, 11) is 0. The number of aliphatic hydroxyl groups is 3. The second-order valence-corrected chi connectivity index (χ2v) is 11.5. The normalized spacial score (nSPS) is 27.7. The van der Waals surface area contributed by atoms with Gasteiger partial charge in [-0.1, -0.05) is 47.1 Å². The summed E-state index contributed by atoms with van der Waals surface area (Å²) in [5.74, 6) is 1.17. The number of ether oxygens (including phenoxy) is 1. The van der Waals surface area contributed by atoms with E-state index in [9.17, 15) is 15.3 Å². The first kappa shape index (κ1) is 24.3. The van der Waals surface area contributed by atoms with E-state index in [0.717, 1.165) is 35.0 Å². The zero-order valence-electron chi connectivity index (χ0n) is 20.9. The Balaban J connectivity index is 1.20. The Labute approximate surface area is 225 Å². The number of nitrogens with zero attached hydrogens (tertiary/aromatic N) is 4. The van der Waals surface area contributed by atoms with Gasteiger partial charge in [0.05, 0.1) is 22.8 Å².